The first-order valence-corrected chi connectivity index (χ1v) is 7.84. The van der Waals surface area contributed by atoms with Gasteiger partial charge in [0.25, 0.3) is 0 Å². The Balaban J connectivity index is 2.22. The third-order valence-electron chi connectivity index (χ3n) is 4.00. The van der Waals surface area contributed by atoms with Gasteiger partial charge in [0.2, 0.25) is 11.8 Å². The lowest BCUT2D eigenvalue weighted by Crippen LogP contribution is -2.53. The fraction of sp³-hybridized carbons (Fsp3) is 0.800. The summed E-state index contributed by atoms with van der Waals surface area (Å²) >= 11 is 0. The predicted octanol–water partition coefficient (Wildman–Crippen LogP) is 1.70. The van der Waals surface area contributed by atoms with Gasteiger partial charge in [-0.05, 0) is 32.5 Å². The zero-order valence-electron chi connectivity index (χ0n) is 13.4. The van der Waals surface area contributed by atoms with E-state index in [-0.39, 0.29) is 12.3 Å². The molecule has 1 aliphatic rings. The molecule has 6 nitrogen and oxygen atoms in total. The van der Waals surface area contributed by atoms with Gasteiger partial charge in [0.15, 0.2) is 0 Å². The third-order valence-corrected chi connectivity index (χ3v) is 4.00. The van der Waals surface area contributed by atoms with Gasteiger partial charge in [-0.3, -0.25) is 19.4 Å². The van der Waals surface area contributed by atoms with Crippen LogP contribution in [0.25, 0.3) is 0 Å². The van der Waals surface area contributed by atoms with Gasteiger partial charge in [0.1, 0.15) is 6.42 Å². The number of barbiturate groups is 1. The molecule has 1 saturated heterocycles. The number of rotatable bonds is 9. The van der Waals surface area contributed by atoms with E-state index in [0.717, 1.165) is 50.2 Å². The topological polar surface area (TPSA) is 60.9 Å². The van der Waals surface area contributed by atoms with Gasteiger partial charge in [-0.25, -0.2) is 4.79 Å². The lowest BCUT2D eigenvalue weighted by molar-refractivity contribution is -0.141. The summed E-state index contributed by atoms with van der Waals surface area (Å²) in [5.41, 5.74) is 0. The van der Waals surface area contributed by atoms with Crippen LogP contribution in [0.2, 0.25) is 0 Å². The maximum atomic E-state index is 11.8. The Labute approximate surface area is 127 Å². The lowest BCUT2D eigenvalue weighted by Gasteiger charge is -2.30. The molecule has 0 N–H and O–H groups in total. The summed E-state index contributed by atoms with van der Waals surface area (Å²) in [4.78, 5) is 39.5. The molecule has 1 heterocycles. The van der Waals surface area contributed by atoms with Crippen LogP contribution in [0.4, 0.5) is 4.79 Å². The van der Waals surface area contributed by atoms with Gasteiger partial charge in [0, 0.05) is 13.6 Å². The van der Waals surface area contributed by atoms with Gasteiger partial charge in [-0.1, -0.05) is 26.7 Å². The summed E-state index contributed by atoms with van der Waals surface area (Å²) in [5.74, 6) is -0.785. The number of urea groups is 1. The molecule has 0 unspecified atom stereocenters. The molecular formula is C15H27N3O3. The average Bonchev–Trinajstić information content (AvgIpc) is 2.47. The standard InChI is InChI=1S/C15H27N3O3/c1-4-17(5-2)10-8-6-7-9-11-18-14(20)12-13(19)16(3)15(18)21/h4-12H2,1-3H3. The van der Waals surface area contributed by atoms with Crippen molar-refractivity contribution in [2.75, 3.05) is 33.2 Å². The smallest absolute Gasteiger partial charge is 0.304 e. The molecule has 120 valence electrons. The van der Waals surface area contributed by atoms with E-state index in [2.05, 4.69) is 18.7 Å². The van der Waals surface area contributed by atoms with Crippen LogP contribution in [0, 0.1) is 0 Å². The monoisotopic (exact) mass is 297 g/mol. The Hall–Kier alpha value is -1.43. The van der Waals surface area contributed by atoms with Gasteiger partial charge >= 0.3 is 6.03 Å². The van der Waals surface area contributed by atoms with Crippen molar-refractivity contribution in [1.82, 2.24) is 14.7 Å². The number of carbonyl (C=O) groups excluding carboxylic acids is 3. The zero-order valence-corrected chi connectivity index (χ0v) is 13.4. The minimum atomic E-state index is -0.487. The highest BCUT2D eigenvalue weighted by molar-refractivity contribution is 6.13. The Morgan fingerprint density at radius 2 is 1.57 bits per heavy atom. The molecule has 4 amide bonds. The van der Waals surface area contributed by atoms with Crippen molar-refractivity contribution in [1.29, 1.82) is 0 Å². The van der Waals surface area contributed by atoms with E-state index in [4.69, 9.17) is 0 Å². The Morgan fingerprint density at radius 1 is 0.952 bits per heavy atom. The van der Waals surface area contributed by atoms with Crippen LogP contribution in [0.1, 0.15) is 46.0 Å². The van der Waals surface area contributed by atoms with Crippen LogP contribution >= 0.6 is 0 Å². The van der Waals surface area contributed by atoms with Crippen molar-refractivity contribution < 1.29 is 14.4 Å². The molecule has 6 heteroatoms. The molecule has 21 heavy (non-hydrogen) atoms. The molecule has 1 rings (SSSR count). The number of hydrogen-bond acceptors (Lipinski definition) is 4. The molecule has 1 aliphatic heterocycles. The number of unbranched alkanes of at least 4 members (excludes halogenated alkanes) is 3. The van der Waals surface area contributed by atoms with Crippen LogP contribution in [-0.2, 0) is 9.59 Å². The van der Waals surface area contributed by atoms with E-state index >= 15 is 0 Å². The molecular weight excluding hydrogens is 270 g/mol. The fourth-order valence-corrected chi connectivity index (χ4v) is 2.46. The Bertz CT molecular complexity index is 380. The van der Waals surface area contributed by atoms with Crippen molar-refractivity contribution in [3.8, 4) is 0 Å². The first-order valence-electron chi connectivity index (χ1n) is 7.84. The number of amides is 4. The van der Waals surface area contributed by atoms with Crippen molar-refractivity contribution in [2.24, 2.45) is 0 Å². The molecule has 0 atom stereocenters. The van der Waals surface area contributed by atoms with Gasteiger partial charge in [0.05, 0.1) is 0 Å². The first-order chi connectivity index (χ1) is 10.0. The minimum Gasteiger partial charge on any atom is -0.304 e. The molecule has 0 bridgehead atoms. The highest BCUT2D eigenvalue weighted by Gasteiger charge is 2.34. The average molecular weight is 297 g/mol. The summed E-state index contributed by atoms with van der Waals surface area (Å²) < 4.78 is 0. The molecule has 0 aliphatic carbocycles. The van der Waals surface area contributed by atoms with E-state index in [9.17, 15) is 14.4 Å². The molecule has 0 aromatic carbocycles. The first kappa shape index (κ1) is 17.6. The third kappa shape index (κ3) is 5.12. The SMILES string of the molecule is CCN(CC)CCCCCCN1C(=O)CC(=O)N(C)C1=O. The summed E-state index contributed by atoms with van der Waals surface area (Å²) in [6.07, 6.45) is 3.85. The summed E-state index contributed by atoms with van der Waals surface area (Å²) in [6, 6.07) is -0.487. The highest BCUT2D eigenvalue weighted by atomic mass is 16.2. The number of hydrogen-bond donors (Lipinski definition) is 0. The number of carbonyl (C=O) groups is 3. The second-order valence-corrected chi connectivity index (χ2v) is 5.40. The van der Waals surface area contributed by atoms with Crippen molar-refractivity contribution in [3.05, 3.63) is 0 Å². The fourth-order valence-electron chi connectivity index (χ4n) is 2.46. The number of imide groups is 2. The Morgan fingerprint density at radius 3 is 2.19 bits per heavy atom. The largest absolute Gasteiger partial charge is 0.333 e. The summed E-state index contributed by atoms with van der Waals surface area (Å²) in [5, 5.41) is 0. The second-order valence-electron chi connectivity index (χ2n) is 5.40. The van der Waals surface area contributed by atoms with Gasteiger partial charge in [-0.15, -0.1) is 0 Å². The number of nitrogens with zero attached hydrogens (tertiary/aromatic N) is 3. The van der Waals surface area contributed by atoms with E-state index < -0.39 is 11.9 Å². The normalized spacial score (nSPS) is 16.3. The summed E-state index contributed by atoms with van der Waals surface area (Å²) in [6.45, 7) is 8.00. The molecule has 0 radical (unpaired) electrons. The zero-order chi connectivity index (χ0) is 15.8. The predicted molar refractivity (Wildman–Crippen MR) is 80.8 cm³/mol. The maximum absolute atomic E-state index is 11.8. The quantitative estimate of drug-likeness (QED) is 0.480. The van der Waals surface area contributed by atoms with Crippen LogP contribution < -0.4 is 0 Å². The lowest BCUT2D eigenvalue weighted by atomic mass is 10.1. The minimum absolute atomic E-state index is 0.190. The molecule has 0 aromatic rings. The molecule has 0 spiro atoms. The van der Waals surface area contributed by atoms with Crippen LogP contribution in [0.5, 0.6) is 0 Å². The molecule has 1 fully saturated rings. The molecule has 0 aromatic heterocycles. The van der Waals surface area contributed by atoms with E-state index in [1.807, 2.05) is 0 Å². The summed E-state index contributed by atoms with van der Waals surface area (Å²) in [7, 11) is 1.42. The van der Waals surface area contributed by atoms with Crippen molar-refractivity contribution >= 4 is 17.8 Å². The highest BCUT2D eigenvalue weighted by Crippen LogP contribution is 2.12. The van der Waals surface area contributed by atoms with Crippen LogP contribution in [0.3, 0.4) is 0 Å². The van der Waals surface area contributed by atoms with Crippen LogP contribution in [-0.4, -0.2) is 65.8 Å². The molecule has 0 saturated carbocycles. The second kappa shape index (κ2) is 8.77. The van der Waals surface area contributed by atoms with Crippen molar-refractivity contribution in [3.63, 3.8) is 0 Å². The van der Waals surface area contributed by atoms with Gasteiger partial charge < -0.3 is 4.90 Å². The maximum Gasteiger partial charge on any atom is 0.333 e. The van der Waals surface area contributed by atoms with Crippen LogP contribution in [0.15, 0.2) is 0 Å². The van der Waals surface area contributed by atoms with E-state index in [0.29, 0.717) is 6.54 Å². The van der Waals surface area contributed by atoms with E-state index in [1.165, 1.54) is 11.9 Å². The Kier molecular flexibility index (Phi) is 7.36. The van der Waals surface area contributed by atoms with Crippen molar-refractivity contribution in [2.45, 2.75) is 46.0 Å². The van der Waals surface area contributed by atoms with E-state index in [1.54, 1.807) is 0 Å². The van der Waals surface area contributed by atoms with Gasteiger partial charge in [-0.2, -0.15) is 0 Å².